The van der Waals surface area contributed by atoms with Crippen LogP contribution in [0.3, 0.4) is 0 Å². The molecule has 2 aromatic rings. The number of carbonyl (C=O) groups is 1. The third kappa shape index (κ3) is 3.43. The van der Waals surface area contributed by atoms with E-state index in [9.17, 15) is 4.79 Å². The van der Waals surface area contributed by atoms with Crippen molar-refractivity contribution in [1.29, 1.82) is 0 Å². The van der Waals surface area contributed by atoms with Crippen LogP contribution in [0.5, 0.6) is 0 Å². The first-order chi connectivity index (χ1) is 10.7. The molecule has 0 saturated carbocycles. The van der Waals surface area contributed by atoms with E-state index in [2.05, 4.69) is 52.7 Å². The number of carbonyl (C=O) groups excluding carboxylic acids is 1. The summed E-state index contributed by atoms with van der Waals surface area (Å²) < 4.78 is 0. The first-order valence-corrected chi connectivity index (χ1v) is 7.83. The molecule has 1 fully saturated rings. The van der Waals surface area contributed by atoms with Gasteiger partial charge in [0.25, 0.3) is 0 Å². The second-order valence-electron chi connectivity index (χ2n) is 5.85. The van der Waals surface area contributed by atoms with Crippen molar-refractivity contribution in [3.63, 3.8) is 0 Å². The van der Waals surface area contributed by atoms with E-state index in [0.29, 0.717) is 6.04 Å². The molecular weight excluding hydrogens is 272 g/mol. The Morgan fingerprint density at radius 3 is 2.55 bits per heavy atom. The molecule has 1 atom stereocenters. The summed E-state index contributed by atoms with van der Waals surface area (Å²) in [5.41, 5.74) is 3.39. The number of ketones is 1. The van der Waals surface area contributed by atoms with Crippen LogP contribution >= 0.6 is 0 Å². The van der Waals surface area contributed by atoms with Crippen LogP contribution in [0.15, 0.2) is 54.6 Å². The maximum absolute atomic E-state index is 11.4. The SMILES string of the molecule is CC(=O)c1ccc(C2CNCCN2Cc2ccccc2)cc1. The molecule has 0 spiro atoms. The van der Waals surface area contributed by atoms with Gasteiger partial charge < -0.3 is 5.32 Å². The molecule has 3 heteroatoms. The number of hydrogen-bond donors (Lipinski definition) is 1. The van der Waals surface area contributed by atoms with E-state index in [1.165, 1.54) is 11.1 Å². The average molecular weight is 294 g/mol. The molecule has 1 unspecified atom stereocenters. The summed E-state index contributed by atoms with van der Waals surface area (Å²) in [6, 6.07) is 19.0. The fourth-order valence-electron chi connectivity index (χ4n) is 3.02. The Balaban J connectivity index is 1.78. The Morgan fingerprint density at radius 2 is 1.86 bits per heavy atom. The van der Waals surface area contributed by atoms with Crippen LogP contribution in [0.25, 0.3) is 0 Å². The van der Waals surface area contributed by atoms with Gasteiger partial charge in [0, 0.05) is 37.8 Å². The maximum atomic E-state index is 11.4. The Hall–Kier alpha value is -1.97. The van der Waals surface area contributed by atoms with Gasteiger partial charge in [-0.2, -0.15) is 0 Å². The molecule has 1 N–H and O–H groups in total. The van der Waals surface area contributed by atoms with E-state index in [1.54, 1.807) is 6.92 Å². The van der Waals surface area contributed by atoms with Crippen LogP contribution in [0.4, 0.5) is 0 Å². The van der Waals surface area contributed by atoms with Gasteiger partial charge in [-0.05, 0) is 18.1 Å². The first-order valence-electron chi connectivity index (χ1n) is 7.83. The highest BCUT2D eigenvalue weighted by Gasteiger charge is 2.23. The van der Waals surface area contributed by atoms with Gasteiger partial charge in [-0.3, -0.25) is 9.69 Å². The number of Topliss-reactive ketones (excluding diaryl/α,β-unsaturated/α-hetero) is 1. The van der Waals surface area contributed by atoms with Crippen molar-refractivity contribution in [2.45, 2.75) is 19.5 Å². The lowest BCUT2D eigenvalue weighted by atomic mass is 10.00. The number of piperazine rings is 1. The van der Waals surface area contributed by atoms with E-state index >= 15 is 0 Å². The van der Waals surface area contributed by atoms with Crippen molar-refractivity contribution in [1.82, 2.24) is 10.2 Å². The number of nitrogens with zero attached hydrogens (tertiary/aromatic N) is 1. The molecule has 1 aliphatic rings. The second kappa shape index (κ2) is 6.86. The molecule has 2 aromatic carbocycles. The van der Waals surface area contributed by atoms with Gasteiger partial charge in [0.15, 0.2) is 5.78 Å². The van der Waals surface area contributed by atoms with Gasteiger partial charge in [-0.25, -0.2) is 0 Å². The molecule has 0 radical (unpaired) electrons. The fraction of sp³-hybridized carbons (Fsp3) is 0.316. The minimum absolute atomic E-state index is 0.120. The predicted octanol–water partition coefficient (Wildman–Crippen LogP) is 3.04. The maximum Gasteiger partial charge on any atom is 0.159 e. The molecular formula is C19H22N2O. The lowest BCUT2D eigenvalue weighted by molar-refractivity contribution is 0.101. The van der Waals surface area contributed by atoms with Crippen molar-refractivity contribution in [2.24, 2.45) is 0 Å². The smallest absolute Gasteiger partial charge is 0.159 e. The summed E-state index contributed by atoms with van der Waals surface area (Å²) in [5.74, 6) is 0.120. The zero-order valence-corrected chi connectivity index (χ0v) is 13.0. The van der Waals surface area contributed by atoms with Gasteiger partial charge in [0.1, 0.15) is 0 Å². The summed E-state index contributed by atoms with van der Waals surface area (Å²) in [4.78, 5) is 13.9. The topological polar surface area (TPSA) is 32.3 Å². The largest absolute Gasteiger partial charge is 0.314 e. The Labute approximate surface area is 132 Å². The summed E-state index contributed by atoms with van der Waals surface area (Å²) >= 11 is 0. The highest BCUT2D eigenvalue weighted by molar-refractivity contribution is 5.94. The van der Waals surface area contributed by atoms with Crippen molar-refractivity contribution in [3.8, 4) is 0 Å². The number of nitrogens with one attached hydrogen (secondary N) is 1. The summed E-state index contributed by atoms with van der Waals surface area (Å²) in [5, 5.41) is 3.48. The lowest BCUT2D eigenvalue weighted by Crippen LogP contribution is -2.45. The number of rotatable bonds is 4. The van der Waals surface area contributed by atoms with Crippen LogP contribution in [0.1, 0.15) is 34.5 Å². The molecule has 0 aliphatic carbocycles. The van der Waals surface area contributed by atoms with E-state index < -0.39 is 0 Å². The quantitative estimate of drug-likeness (QED) is 0.880. The summed E-state index contributed by atoms with van der Waals surface area (Å²) in [6.07, 6.45) is 0. The monoisotopic (exact) mass is 294 g/mol. The minimum Gasteiger partial charge on any atom is -0.314 e. The van der Waals surface area contributed by atoms with Crippen LogP contribution in [-0.4, -0.2) is 30.3 Å². The molecule has 1 saturated heterocycles. The first kappa shape index (κ1) is 14.9. The third-order valence-corrected chi connectivity index (χ3v) is 4.28. The Bertz CT molecular complexity index is 622. The van der Waals surface area contributed by atoms with Crippen molar-refractivity contribution < 1.29 is 4.79 Å². The van der Waals surface area contributed by atoms with Crippen LogP contribution < -0.4 is 5.32 Å². The standard InChI is InChI=1S/C19H22N2O/c1-15(22)17-7-9-18(10-8-17)19-13-20-11-12-21(19)14-16-5-3-2-4-6-16/h2-10,19-20H,11-14H2,1H3. The van der Waals surface area contributed by atoms with Crippen LogP contribution in [-0.2, 0) is 6.54 Å². The zero-order chi connectivity index (χ0) is 15.4. The van der Waals surface area contributed by atoms with Crippen LogP contribution in [0.2, 0.25) is 0 Å². The summed E-state index contributed by atoms with van der Waals surface area (Å²) in [6.45, 7) is 5.58. The fourth-order valence-corrected chi connectivity index (χ4v) is 3.02. The molecule has 3 rings (SSSR count). The van der Waals surface area contributed by atoms with E-state index in [4.69, 9.17) is 0 Å². The highest BCUT2D eigenvalue weighted by atomic mass is 16.1. The molecule has 0 amide bonds. The van der Waals surface area contributed by atoms with Gasteiger partial charge in [-0.1, -0.05) is 54.6 Å². The van der Waals surface area contributed by atoms with E-state index in [-0.39, 0.29) is 5.78 Å². The van der Waals surface area contributed by atoms with Crippen LogP contribution in [0, 0.1) is 0 Å². The molecule has 0 aromatic heterocycles. The normalized spacial score (nSPS) is 19.0. The predicted molar refractivity (Wildman–Crippen MR) is 88.9 cm³/mol. The van der Waals surface area contributed by atoms with Gasteiger partial charge >= 0.3 is 0 Å². The second-order valence-corrected chi connectivity index (χ2v) is 5.85. The molecule has 0 bridgehead atoms. The number of benzene rings is 2. The Morgan fingerprint density at radius 1 is 1.14 bits per heavy atom. The molecule has 22 heavy (non-hydrogen) atoms. The zero-order valence-electron chi connectivity index (χ0n) is 13.0. The third-order valence-electron chi connectivity index (χ3n) is 4.28. The van der Waals surface area contributed by atoms with Crippen molar-refractivity contribution >= 4 is 5.78 Å². The minimum atomic E-state index is 0.120. The molecule has 1 heterocycles. The molecule has 1 aliphatic heterocycles. The number of hydrogen-bond acceptors (Lipinski definition) is 3. The van der Waals surface area contributed by atoms with Crippen molar-refractivity contribution in [2.75, 3.05) is 19.6 Å². The highest BCUT2D eigenvalue weighted by Crippen LogP contribution is 2.24. The average Bonchev–Trinajstić information content (AvgIpc) is 2.56. The summed E-state index contributed by atoms with van der Waals surface area (Å²) in [7, 11) is 0. The molecule has 114 valence electrons. The van der Waals surface area contributed by atoms with E-state index in [1.807, 2.05) is 12.1 Å². The van der Waals surface area contributed by atoms with Gasteiger partial charge in [0.2, 0.25) is 0 Å². The Kier molecular flexibility index (Phi) is 4.66. The van der Waals surface area contributed by atoms with Gasteiger partial charge in [-0.15, -0.1) is 0 Å². The van der Waals surface area contributed by atoms with E-state index in [0.717, 1.165) is 31.7 Å². The molecule has 3 nitrogen and oxygen atoms in total. The lowest BCUT2D eigenvalue weighted by Gasteiger charge is -2.36. The van der Waals surface area contributed by atoms with Gasteiger partial charge in [0.05, 0.1) is 0 Å². The van der Waals surface area contributed by atoms with Crippen molar-refractivity contribution in [3.05, 3.63) is 71.3 Å².